The topological polar surface area (TPSA) is 126 Å². The second-order valence-electron chi connectivity index (χ2n) is 8.77. The fourth-order valence-corrected chi connectivity index (χ4v) is 4.41. The van der Waals surface area contributed by atoms with Crippen molar-refractivity contribution in [1.82, 2.24) is 15.3 Å². The molecule has 0 bridgehead atoms. The lowest BCUT2D eigenvalue weighted by molar-refractivity contribution is -0.117. The van der Waals surface area contributed by atoms with Gasteiger partial charge in [0.1, 0.15) is 17.5 Å². The fraction of sp³-hybridized carbons (Fsp3) is 0.417. The van der Waals surface area contributed by atoms with Crippen LogP contribution in [0.4, 0.5) is 23.1 Å². The number of amides is 2. The Morgan fingerprint density at radius 3 is 2.50 bits per heavy atom. The van der Waals surface area contributed by atoms with Crippen molar-refractivity contribution in [3.63, 3.8) is 0 Å². The molecule has 2 fully saturated rings. The van der Waals surface area contributed by atoms with Crippen molar-refractivity contribution in [3.05, 3.63) is 48.7 Å². The molecule has 4 N–H and O–H groups in total. The summed E-state index contributed by atoms with van der Waals surface area (Å²) in [6.45, 7) is 10.5. The van der Waals surface area contributed by atoms with Gasteiger partial charge in [-0.2, -0.15) is 0 Å². The third-order valence-corrected chi connectivity index (χ3v) is 5.94. The molecular formula is C24H31N7O3. The molecule has 2 aliphatic rings. The zero-order valence-corrected chi connectivity index (χ0v) is 19.5. The highest BCUT2D eigenvalue weighted by molar-refractivity contribution is 5.98. The van der Waals surface area contributed by atoms with E-state index in [-0.39, 0.29) is 24.2 Å². The first-order chi connectivity index (χ1) is 16.3. The van der Waals surface area contributed by atoms with Crippen molar-refractivity contribution in [1.29, 1.82) is 0 Å². The van der Waals surface area contributed by atoms with Gasteiger partial charge in [0.2, 0.25) is 5.91 Å². The fourth-order valence-electron chi connectivity index (χ4n) is 4.41. The molecule has 10 heteroatoms. The molecule has 2 aromatic heterocycles. The van der Waals surface area contributed by atoms with Gasteiger partial charge in [0, 0.05) is 32.2 Å². The van der Waals surface area contributed by atoms with Crippen molar-refractivity contribution in [2.45, 2.75) is 38.5 Å². The minimum absolute atomic E-state index is 0.0156. The predicted molar refractivity (Wildman–Crippen MR) is 131 cm³/mol. The van der Waals surface area contributed by atoms with E-state index in [1.54, 1.807) is 18.3 Å². The summed E-state index contributed by atoms with van der Waals surface area (Å²) in [5, 5.41) is 6.10. The predicted octanol–water partition coefficient (Wildman–Crippen LogP) is 1.81. The lowest BCUT2D eigenvalue weighted by atomic mass is 10.2. The minimum atomic E-state index is -0.569. The summed E-state index contributed by atoms with van der Waals surface area (Å²) in [6.07, 6.45) is 4.07. The van der Waals surface area contributed by atoms with Crippen molar-refractivity contribution in [3.8, 4) is 0 Å². The largest absolute Gasteiger partial charge is 0.372 e. The van der Waals surface area contributed by atoms with Gasteiger partial charge < -0.3 is 30.9 Å². The molecule has 0 unspecified atom stereocenters. The molecule has 0 aromatic carbocycles. The Kier molecular flexibility index (Phi) is 6.97. The lowest BCUT2D eigenvalue weighted by Gasteiger charge is -2.36. The van der Waals surface area contributed by atoms with Gasteiger partial charge in [-0.15, -0.1) is 0 Å². The van der Waals surface area contributed by atoms with E-state index >= 15 is 0 Å². The third kappa shape index (κ3) is 5.45. The smallest absolute Gasteiger partial charge is 0.252 e. The molecule has 0 saturated carbocycles. The van der Waals surface area contributed by atoms with Crippen LogP contribution in [0.5, 0.6) is 0 Å². The average molecular weight is 466 g/mol. The molecule has 10 nitrogen and oxygen atoms in total. The number of morpholine rings is 1. The number of hydrogen-bond donors (Lipinski definition) is 3. The van der Waals surface area contributed by atoms with E-state index in [1.807, 2.05) is 12.1 Å². The second kappa shape index (κ2) is 10.1. The molecule has 2 aliphatic heterocycles. The van der Waals surface area contributed by atoms with E-state index in [2.05, 4.69) is 50.8 Å². The Hall–Kier alpha value is -3.66. The highest BCUT2D eigenvalue weighted by Gasteiger charge is 2.26. The normalized spacial score (nSPS) is 22.4. The number of primary amides is 1. The Morgan fingerprint density at radius 2 is 1.85 bits per heavy atom. The minimum Gasteiger partial charge on any atom is -0.372 e. The molecule has 2 aromatic rings. The van der Waals surface area contributed by atoms with Gasteiger partial charge in [-0.3, -0.25) is 9.59 Å². The first-order valence-corrected chi connectivity index (χ1v) is 11.4. The summed E-state index contributed by atoms with van der Waals surface area (Å²) in [6, 6.07) is 7.30. The molecular weight excluding hydrogens is 434 g/mol. The van der Waals surface area contributed by atoms with E-state index in [0.29, 0.717) is 29.4 Å². The van der Waals surface area contributed by atoms with Gasteiger partial charge in [-0.05, 0) is 50.6 Å². The monoisotopic (exact) mass is 465 g/mol. The number of pyridine rings is 2. The van der Waals surface area contributed by atoms with Crippen LogP contribution in [0.2, 0.25) is 0 Å². The highest BCUT2D eigenvalue weighted by Crippen LogP contribution is 2.26. The molecule has 180 valence electrons. The molecule has 2 saturated heterocycles. The molecule has 0 spiro atoms. The number of carbonyl (C=O) groups excluding carboxylic acids is 2. The zero-order chi connectivity index (χ0) is 24.2. The van der Waals surface area contributed by atoms with E-state index in [9.17, 15) is 9.59 Å². The van der Waals surface area contributed by atoms with Crippen LogP contribution in [0.25, 0.3) is 0 Å². The number of nitrogens with one attached hydrogen (secondary N) is 2. The Bertz CT molecular complexity index is 1050. The first kappa shape index (κ1) is 23.5. The second-order valence-corrected chi connectivity index (χ2v) is 8.77. The number of carbonyl (C=O) groups is 2. The molecule has 0 radical (unpaired) electrons. The van der Waals surface area contributed by atoms with Crippen LogP contribution in [0.1, 0.15) is 30.6 Å². The average Bonchev–Trinajstić information content (AvgIpc) is 3.27. The number of rotatable bonds is 7. The number of aromatic nitrogens is 2. The summed E-state index contributed by atoms with van der Waals surface area (Å²) in [7, 11) is 0. The number of nitrogens with two attached hydrogens (primary N) is 1. The van der Waals surface area contributed by atoms with Gasteiger partial charge in [0.25, 0.3) is 5.91 Å². The Labute approximate surface area is 199 Å². The molecule has 2 amide bonds. The van der Waals surface area contributed by atoms with E-state index in [0.717, 1.165) is 31.9 Å². The number of anilines is 4. The van der Waals surface area contributed by atoms with E-state index in [1.165, 1.54) is 6.08 Å². The van der Waals surface area contributed by atoms with Gasteiger partial charge in [0.15, 0.2) is 0 Å². The van der Waals surface area contributed by atoms with Crippen LogP contribution in [0, 0.1) is 0 Å². The first-order valence-electron chi connectivity index (χ1n) is 11.4. The maximum Gasteiger partial charge on any atom is 0.252 e. The number of nitrogens with zero attached hydrogens (tertiary/aromatic N) is 4. The standard InChI is InChI=1S/C24H31N7O3/c1-4-22(32)27-18-9-10-30(14-18)21-8-6-19(23(25)33)24(29-21)28-17-5-7-20(26-11-17)31-12-15(2)34-16(3)13-31/h4-8,11,15-16,18H,1,9-10,12-14H2,2-3H3,(H2,25,33)(H,27,32)(H,28,29)/t15-,16+,18-/m0/s1. The summed E-state index contributed by atoms with van der Waals surface area (Å²) < 4.78 is 5.80. The molecule has 4 rings (SSSR count). The van der Waals surface area contributed by atoms with Crippen LogP contribution in [-0.4, -0.2) is 66.2 Å². The maximum absolute atomic E-state index is 12.0. The van der Waals surface area contributed by atoms with E-state index in [4.69, 9.17) is 10.5 Å². The van der Waals surface area contributed by atoms with Crippen LogP contribution in [-0.2, 0) is 9.53 Å². The van der Waals surface area contributed by atoms with Crippen LogP contribution < -0.4 is 26.2 Å². The van der Waals surface area contributed by atoms with Gasteiger partial charge in [-0.1, -0.05) is 6.58 Å². The summed E-state index contributed by atoms with van der Waals surface area (Å²) in [5.74, 6) is 1.17. The molecule has 0 aliphatic carbocycles. The highest BCUT2D eigenvalue weighted by atomic mass is 16.5. The number of hydrogen-bond acceptors (Lipinski definition) is 8. The third-order valence-electron chi connectivity index (χ3n) is 5.94. The Morgan fingerprint density at radius 1 is 1.12 bits per heavy atom. The lowest BCUT2D eigenvalue weighted by Crippen LogP contribution is -2.45. The summed E-state index contributed by atoms with van der Waals surface area (Å²) in [5.41, 5.74) is 6.58. The van der Waals surface area contributed by atoms with Gasteiger partial charge in [-0.25, -0.2) is 9.97 Å². The van der Waals surface area contributed by atoms with Crippen molar-refractivity contribution >= 4 is 35.0 Å². The van der Waals surface area contributed by atoms with Gasteiger partial charge in [0.05, 0.1) is 29.7 Å². The van der Waals surface area contributed by atoms with Crippen molar-refractivity contribution in [2.75, 3.05) is 41.3 Å². The van der Waals surface area contributed by atoms with Crippen LogP contribution in [0.3, 0.4) is 0 Å². The molecule has 3 atom stereocenters. The quantitative estimate of drug-likeness (QED) is 0.529. The zero-order valence-electron chi connectivity index (χ0n) is 19.5. The van der Waals surface area contributed by atoms with Crippen molar-refractivity contribution in [2.24, 2.45) is 5.73 Å². The van der Waals surface area contributed by atoms with Crippen molar-refractivity contribution < 1.29 is 14.3 Å². The van der Waals surface area contributed by atoms with E-state index < -0.39 is 5.91 Å². The maximum atomic E-state index is 12.0. The number of ether oxygens (including phenoxy) is 1. The van der Waals surface area contributed by atoms with Gasteiger partial charge >= 0.3 is 0 Å². The summed E-state index contributed by atoms with van der Waals surface area (Å²) >= 11 is 0. The van der Waals surface area contributed by atoms with Crippen LogP contribution >= 0.6 is 0 Å². The van der Waals surface area contributed by atoms with Crippen LogP contribution in [0.15, 0.2) is 43.1 Å². The summed E-state index contributed by atoms with van der Waals surface area (Å²) in [4.78, 5) is 37.1. The molecule has 34 heavy (non-hydrogen) atoms. The molecule has 4 heterocycles. The SMILES string of the molecule is C=CC(=O)N[C@H]1CCN(c2ccc(C(N)=O)c(Nc3ccc(N4C[C@@H](C)O[C@@H](C)C4)nc3)n2)C1. The Balaban J connectivity index is 1.49.